The number of aryl methyl sites for hydroxylation is 2. The second-order valence-corrected chi connectivity index (χ2v) is 8.00. The molecule has 3 rings (SSSR count). The van der Waals surface area contributed by atoms with Gasteiger partial charge in [0.2, 0.25) is 0 Å². The highest BCUT2D eigenvalue weighted by molar-refractivity contribution is 5.74. The number of nitrogens with one attached hydrogen (secondary N) is 2. The van der Waals surface area contributed by atoms with Crippen molar-refractivity contribution in [2.45, 2.75) is 65.6 Å². The van der Waals surface area contributed by atoms with Gasteiger partial charge in [0.25, 0.3) is 0 Å². The van der Waals surface area contributed by atoms with Gasteiger partial charge in [0.1, 0.15) is 11.6 Å². The lowest BCUT2D eigenvalue weighted by molar-refractivity contribution is 0.00773. The van der Waals surface area contributed by atoms with E-state index in [9.17, 15) is 4.79 Å². The number of urea groups is 1. The van der Waals surface area contributed by atoms with Crippen molar-refractivity contribution in [3.63, 3.8) is 0 Å². The van der Waals surface area contributed by atoms with E-state index >= 15 is 0 Å². The second kappa shape index (κ2) is 6.70. The number of nitrogens with zero attached hydrogens (tertiary/aromatic N) is 3. The molecular weight excluding hydrogens is 306 g/mol. The van der Waals surface area contributed by atoms with Crippen molar-refractivity contribution in [2.75, 3.05) is 13.2 Å². The Labute approximate surface area is 143 Å². The molecule has 24 heavy (non-hydrogen) atoms. The number of aromatic nitrogens is 3. The molecule has 134 valence electrons. The fourth-order valence-electron chi connectivity index (χ4n) is 3.84. The van der Waals surface area contributed by atoms with Crippen LogP contribution in [-0.2, 0) is 11.3 Å². The standard InChI is InChI=1S/C17H29N5O2/c1-11-19-15-13(6-5-8-22(15)21-11)20-16(23)18-10-12-7-9-24-14(12)17(2,3)4/h12-14H,5-10H2,1-4H3,(H2,18,20,23). The van der Waals surface area contributed by atoms with Gasteiger partial charge in [0, 0.05) is 25.6 Å². The zero-order valence-electron chi connectivity index (χ0n) is 15.1. The molecule has 0 bridgehead atoms. The van der Waals surface area contributed by atoms with E-state index in [1.165, 1.54) is 0 Å². The van der Waals surface area contributed by atoms with Crippen LogP contribution in [0.3, 0.4) is 0 Å². The molecule has 0 saturated carbocycles. The van der Waals surface area contributed by atoms with Crippen LogP contribution in [0.2, 0.25) is 0 Å². The van der Waals surface area contributed by atoms with Gasteiger partial charge in [-0.15, -0.1) is 0 Å². The molecule has 0 radical (unpaired) electrons. The smallest absolute Gasteiger partial charge is 0.315 e. The molecular formula is C17H29N5O2. The van der Waals surface area contributed by atoms with Gasteiger partial charge in [-0.05, 0) is 31.6 Å². The van der Waals surface area contributed by atoms with E-state index in [0.29, 0.717) is 12.5 Å². The SMILES string of the molecule is Cc1nc2n(n1)CCCC2NC(=O)NCC1CCOC1C(C)(C)C. The Hall–Kier alpha value is -1.63. The Morgan fingerprint density at radius 1 is 1.38 bits per heavy atom. The van der Waals surface area contributed by atoms with Gasteiger partial charge < -0.3 is 15.4 Å². The monoisotopic (exact) mass is 335 g/mol. The zero-order valence-corrected chi connectivity index (χ0v) is 15.1. The van der Waals surface area contributed by atoms with Crippen LogP contribution in [0.4, 0.5) is 4.79 Å². The molecule has 7 heteroatoms. The minimum Gasteiger partial charge on any atom is -0.377 e. The summed E-state index contributed by atoms with van der Waals surface area (Å²) in [5, 5.41) is 10.4. The highest BCUT2D eigenvalue weighted by Gasteiger charge is 2.37. The first-order chi connectivity index (χ1) is 11.3. The lowest BCUT2D eigenvalue weighted by Crippen LogP contribution is -2.44. The van der Waals surface area contributed by atoms with E-state index in [-0.39, 0.29) is 23.6 Å². The number of rotatable bonds is 3. The van der Waals surface area contributed by atoms with Crippen LogP contribution < -0.4 is 10.6 Å². The van der Waals surface area contributed by atoms with Crippen molar-refractivity contribution in [3.05, 3.63) is 11.6 Å². The first-order valence-electron chi connectivity index (χ1n) is 8.92. The van der Waals surface area contributed by atoms with Crippen LogP contribution >= 0.6 is 0 Å². The number of amides is 2. The average Bonchev–Trinajstić information content (AvgIpc) is 3.10. The number of carbonyl (C=O) groups is 1. The third kappa shape index (κ3) is 3.71. The first-order valence-corrected chi connectivity index (χ1v) is 8.92. The van der Waals surface area contributed by atoms with E-state index in [2.05, 4.69) is 41.5 Å². The predicted molar refractivity (Wildman–Crippen MR) is 90.6 cm³/mol. The molecule has 1 saturated heterocycles. The van der Waals surface area contributed by atoms with Gasteiger partial charge in [-0.2, -0.15) is 5.10 Å². The summed E-state index contributed by atoms with van der Waals surface area (Å²) in [4.78, 5) is 16.8. The maximum atomic E-state index is 12.3. The summed E-state index contributed by atoms with van der Waals surface area (Å²) >= 11 is 0. The Morgan fingerprint density at radius 2 is 2.17 bits per heavy atom. The molecule has 2 aliphatic heterocycles. The Morgan fingerprint density at radius 3 is 2.92 bits per heavy atom. The van der Waals surface area contributed by atoms with Crippen LogP contribution in [-0.4, -0.2) is 40.1 Å². The summed E-state index contributed by atoms with van der Waals surface area (Å²) in [6.07, 6.45) is 3.10. The maximum absolute atomic E-state index is 12.3. The lowest BCUT2D eigenvalue weighted by atomic mass is 9.81. The van der Waals surface area contributed by atoms with E-state index in [1.54, 1.807) is 0 Å². The van der Waals surface area contributed by atoms with E-state index in [0.717, 1.165) is 44.1 Å². The quantitative estimate of drug-likeness (QED) is 0.887. The summed E-state index contributed by atoms with van der Waals surface area (Å²) in [6, 6.07) is -0.188. The molecule has 1 aromatic rings. The third-order valence-electron chi connectivity index (χ3n) is 4.88. The number of ether oxygens (including phenoxy) is 1. The molecule has 0 aromatic carbocycles. The van der Waals surface area contributed by atoms with Gasteiger partial charge in [-0.3, -0.25) is 0 Å². The van der Waals surface area contributed by atoms with Crippen LogP contribution in [0.5, 0.6) is 0 Å². The van der Waals surface area contributed by atoms with Crippen molar-refractivity contribution >= 4 is 6.03 Å². The molecule has 0 aliphatic carbocycles. The van der Waals surface area contributed by atoms with Crippen molar-refractivity contribution in [3.8, 4) is 0 Å². The third-order valence-corrected chi connectivity index (χ3v) is 4.88. The topological polar surface area (TPSA) is 81.1 Å². The molecule has 3 atom stereocenters. The molecule has 1 fully saturated rings. The number of carbonyl (C=O) groups excluding carboxylic acids is 1. The van der Waals surface area contributed by atoms with Crippen LogP contribution in [0.15, 0.2) is 0 Å². The summed E-state index contributed by atoms with van der Waals surface area (Å²) in [7, 11) is 0. The number of hydrogen-bond donors (Lipinski definition) is 2. The van der Waals surface area contributed by atoms with Crippen molar-refractivity contribution in [2.24, 2.45) is 11.3 Å². The Bertz CT molecular complexity index is 592. The predicted octanol–water partition coefficient (Wildman–Crippen LogP) is 2.17. The fourth-order valence-corrected chi connectivity index (χ4v) is 3.84. The average molecular weight is 335 g/mol. The molecule has 2 aliphatic rings. The van der Waals surface area contributed by atoms with E-state index < -0.39 is 0 Å². The van der Waals surface area contributed by atoms with Gasteiger partial charge in [-0.1, -0.05) is 20.8 Å². The minimum atomic E-state index is -0.131. The Balaban J connectivity index is 1.53. The highest BCUT2D eigenvalue weighted by atomic mass is 16.5. The number of fused-ring (bicyclic) bond motifs is 1. The minimum absolute atomic E-state index is 0.0572. The number of hydrogen-bond acceptors (Lipinski definition) is 4. The van der Waals surface area contributed by atoms with Crippen LogP contribution in [0.25, 0.3) is 0 Å². The van der Waals surface area contributed by atoms with Crippen molar-refractivity contribution < 1.29 is 9.53 Å². The zero-order chi connectivity index (χ0) is 17.3. The van der Waals surface area contributed by atoms with Gasteiger partial charge in [-0.25, -0.2) is 14.5 Å². The first kappa shape index (κ1) is 17.2. The van der Waals surface area contributed by atoms with Gasteiger partial charge in [0.05, 0.1) is 12.1 Å². The van der Waals surface area contributed by atoms with E-state index in [4.69, 9.17) is 4.74 Å². The van der Waals surface area contributed by atoms with Crippen LogP contribution in [0.1, 0.15) is 57.7 Å². The van der Waals surface area contributed by atoms with E-state index in [1.807, 2.05) is 11.6 Å². The molecule has 2 N–H and O–H groups in total. The van der Waals surface area contributed by atoms with Crippen molar-refractivity contribution in [1.82, 2.24) is 25.4 Å². The normalized spacial score (nSPS) is 26.9. The summed E-state index contributed by atoms with van der Waals surface area (Å²) in [5.41, 5.74) is 0.0939. The molecule has 2 amide bonds. The van der Waals surface area contributed by atoms with Crippen molar-refractivity contribution in [1.29, 1.82) is 0 Å². The molecule has 7 nitrogen and oxygen atoms in total. The lowest BCUT2D eigenvalue weighted by Gasteiger charge is -2.31. The molecule has 3 unspecified atom stereocenters. The summed E-state index contributed by atoms with van der Waals surface area (Å²) < 4.78 is 7.78. The summed E-state index contributed by atoms with van der Waals surface area (Å²) in [5.74, 6) is 1.99. The second-order valence-electron chi connectivity index (χ2n) is 8.00. The highest BCUT2D eigenvalue weighted by Crippen LogP contribution is 2.34. The largest absolute Gasteiger partial charge is 0.377 e. The van der Waals surface area contributed by atoms with Crippen LogP contribution in [0, 0.1) is 18.3 Å². The Kier molecular flexibility index (Phi) is 4.80. The summed E-state index contributed by atoms with van der Waals surface area (Å²) in [6.45, 7) is 10.7. The molecule has 0 spiro atoms. The molecule has 1 aromatic heterocycles. The van der Waals surface area contributed by atoms with Gasteiger partial charge in [0.15, 0.2) is 0 Å². The maximum Gasteiger partial charge on any atom is 0.315 e. The molecule has 3 heterocycles. The van der Waals surface area contributed by atoms with Gasteiger partial charge >= 0.3 is 6.03 Å². The fraction of sp³-hybridized carbons (Fsp3) is 0.824.